The van der Waals surface area contributed by atoms with Crippen LogP contribution in [-0.4, -0.2) is 62.1 Å². The monoisotopic (exact) mass is 422 g/mol. The van der Waals surface area contributed by atoms with Gasteiger partial charge in [0.1, 0.15) is 0 Å². The first-order valence-corrected chi connectivity index (χ1v) is 10.4. The third kappa shape index (κ3) is 4.83. The number of benzene rings is 1. The smallest absolute Gasteiger partial charge is 0.255 e. The van der Waals surface area contributed by atoms with E-state index in [4.69, 9.17) is 4.74 Å². The Morgan fingerprint density at radius 1 is 1.23 bits per heavy atom. The standard InChI is InChI=1S/C22H26N6O3/c1-3-27-14-19(16(2)25-27)24-21(29)20-15-26(11-12-31-20)22(30)18-7-5-17(6-8-18)13-28-10-4-9-23-28/h4-10,14,20H,3,11-13,15H2,1-2H3,(H,24,29). The van der Waals surface area contributed by atoms with Crippen molar-refractivity contribution in [1.29, 1.82) is 0 Å². The van der Waals surface area contributed by atoms with E-state index in [0.717, 1.165) is 17.8 Å². The van der Waals surface area contributed by atoms with Crippen molar-refractivity contribution in [3.63, 3.8) is 0 Å². The minimum Gasteiger partial charge on any atom is -0.365 e. The number of ether oxygens (including phenoxy) is 1. The Hall–Kier alpha value is -3.46. The van der Waals surface area contributed by atoms with Crippen LogP contribution < -0.4 is 5.32 Å². The Kier molecular flexibility index (Phi) is 6.13. The zero-order valence-corrected chi connectivity index (χ0v) is 17.7. The molecule has 1 fully saturated rings. The van der Waals surface area contributed by atoms with Gasteiger partial charge in [-0.3, -0.25) is 19.0 Å². The van der Waals surface area contributed by atoms with E-state index in [1.165, 1.54) is 0 Å². The summed E-state index contributed by atoms with van der Waals surface area (Å²) in [6, 6.07) is 9.35. The van der Waals surface area contributed by atoms with Crippen molar-refractivity contribution in [2.24, 2.45) is 0 Å². The zero-order valence-electron chi connectivity index (χ0n) is 17.7. The van der Waals surface area contributed by atoms with Gasteiger partial charge in [-0.05, 0) is 37.6 Å². The lowest BCUT2D eigenvalue weighted by Gasteiger charge is -2.32. The first-order chi connectivity index (χ1) is 15.0. The van der Waals surface area contributed by atoms with Gasteiger partial charge < -0.3 is 15.0 Å². The summed E-state index contributed by atoms with van der Waals surface area (Å²) in [7, 11) is 0. The summed E-state index contributed by atoms with van der Waals surface area (Å²) in [5.74, 6) is -0.382. The van der Waals surface area contributed by atoms with E-state index in [1.807, 2.05) is 55.1 Å². The highest BCUT2D eigenvalue weighted by atomic mass is 16.5. The van der Waals surface area contributed by atoms with Crippen LogP contribution in [-0.2, 0) is 22.6 Å². The minimum atomic E-state index is -0.721. The predicted molar refractivity (Wildman–Crippen MR) is 115 cm³/mol. The molecule has 3 heterocycles. The molecule has 0 radical (unpaired) electrons. The van der Waals surface area contributed by atoms with Crippen LogP contribution in [0, 0.1) is 6.92 Å². The molecule has 9 nitrogen and oxygen atoms in total. The van der Waals surface area contributed by atoms with Crippen molar-refractivity contribution >= 4 is 17.5 Å². The second-order valence-electron chi connectivity index (χ2n) is 7.48. The summed E-state index contributed by atoms with van der Waals surface area (Å²) in [5.41, 5.74) is 3.05. The maximum atomic E-state index is 13.0. The molecule has 1 aliphatic heterocycles. The molecule has 0 aliphatic carbocycles. The number of rotatable bonds is 6. The molecule has 4 rings (SSSR count). The van der Waals surface area contributed by atoms with E-state index < -0.39 is 6.10 Å². The summed E-state index contributed by atoms with van der Waals surface area (Å²) in [4.78, 5) is 27.3. The van der Waals surface area contributed by atoms with E-state index in [1.54, 1.807) is 22.0 Å². The summed E-state index contributed by atoms with van der Waals surface area (Å²) >= 11 is 0. The number of nitrogens with one attached hydrogen (secondary N) is 1. The third-order valence-corrected chi connectivity index (χ3v) is 5.28. The molecule has 2 amide bonds. The van der Waals surface area contributed by atoms with Gasteiger partial charge >= 0.3 is 0 Å². The lowest BCUT2D eigenvalue weighted by atomic mass is 10.1. The van der Waals surface area contributed by atoms with E-state index in [0.29, 0.717) is 30.9 Å². The van der Waals surface area contributed by atoms with Crippen LogP contribution in [0.5, 0.6) is 0 Å². The first-order valence-electron chi connectivity index (χ1n) is 10.4. The molecule has 1 aliphatic rings. The lowest BCUT2D eigenvalue weighted by molar-refractivity contribution is -0.131. The summed E-state index contributed by atoms with van der Waals surface area (Å²) in [5, 5.41) is 11.4. The minimum absolute atomic E-state index is 0.110. The molecule has 1 aromatic carbocycles. The molecular weight excluding hydrogens is 396 g/mol. The Morgan fingerprint density at radius 3 is 2.71 bits per heavy atom. The molecule has 162 valence electrons. The number of aryl methyl sites for hydroxylation is 2. The summed E-state index contributed by atoms with van der Waals surface area (Å²) in [6.45, 7) is 6.17. The molecule has 9 heteroatoms. The van der Waals surface area contributed by atoms with Crippen LogP contribution >= 0.6 is 0 Å². The quantitative estimate of drug-likeness (QED) is 0.655. The molecule has 31 heavy (non-hydrogen) atoms. The SMILES string of the molecule is CCn1cc(NC(=O)C2CN(C(=O)c3ccc(Cn4cccn4)cc3)CCO2)c(C)n1. The largest absolute Gasteiger partial charge is 0.365 e. The summed E-state index contributed by atoms with van der Waals surface area (Å²) in [6.07, 6.45) is 4.71. The molecule has 0 spiro atoms. The molecule has 1 saturated heterocycles. The average Bonchev–Trinajstić information content (AvgIpc) is 3.43. The molecular formula is C22H26N6O3. The van der Waals surface area contributed by atoms with Crippen LogP contribution in [0.4, 0.5) is 5.69 Å². The van der Waals surface area contributed by atoms with Crippen LogP contribution in [0.15, 0.2) is 48.9 Å². The van der Waals surface area contributed by atoms with Crippen LogP contribution in [0.25, 0.3) is 0 Å². The lowest BCUT2D eigenvalue weighted by Crippen LogP contribution is -2.50. The Balaban J connectivity index is 1.37. The number of carbonyl (C=O) groups excluding carboxylic acids is 2. The van der Waals surface area contributed by atoms with E-state index >= 15 is 0 Å². The van der Waals surface area contributed by atoms with E-state index in [-0.39, 0.29) is 18.4 Å². The van der Waals surface area contributed by atoms with Gasteiger partial charge in [0.05, 0.1) is 31.1 Å². The van der Waals surface area contributed by atoms with Crippen LogP contribution in [0.3, 0.4) is 0 Å². The molecule has 0 bridgehead atoms. The van der Waals surface area contributed by atoms with Crippen molar-refractivity contribution in [3.05, 3.63) is 65.7 Å². The van der Waals surface area contributed by atoms with E-state index in [9.17, 15) is 9.59 Å². The van der Waals surface area contributed by atoms with Crippen LogP contribution in [0.2, 0.25) is 0 Å². The second kappa shape index (κ2) is 9.13. The van der Waals surface area contributed by atoms with Gasteiger partial charge in [-0.1, -0.05) is 12.1 Å². The van der Waals surface area contributed by atoms with Gasteiger partial charge in [-0.2, -0.15) is 10.2 Å². The normalized spacial score (nSPS) is 16.3. The number of amides is 2. The first kappa shape index (κ1) is 20.8. The number of aromatic nitrogens is 4. The predicted octanol–water partition coefficient (Wildman–Crippen LogP) is 1.94. The van der Waals surface area contributed by atoms with Crippen molar-refractivity contribution in [3.8, 4) is 0 Å². The Morgan fingerprint density at radius 2 is 2.03 bits per heavy atom. The molecule has 3 aromatic rings. The fourth-order valence-corrected chi connectivity index (χ4v) is 3.52. The fraction of sp³-hybridized carbons (Fsp3) is 0.364. The summed E-state index contributed by atoms with van der Waals surface area (Å²) < 4.78 is 9.23. The number of anilines is 1. The topological polar surface area (TPSA) is 94.3 Å². The van der Waals surface area contributed by atoms with Gasteiger partial charge in [0.15, 0.2) is 6.10 Å². The maximum Gasteiger partial charge on any atom is 0.255 e. The highest BCUT2D eigenvalue weighted by Gasteiger charge is 2.30. The molecule has 1 atom stereocenters. The zero-order chi connectivity index (χ0) is 21.8. The van der Waals surface area contributed by atoms with Gasteiger partial charge in [0.2, 0.25) is 0 Å². The Bertz CT molecular complexity index is 1040. The number of morpholine rings is 1. The number of carbonyl (C=O) groups is 2. The van der Waals surface area contributed by atoms with Gasteiger partial charge in [0.25, 0.3) is 11.8 Å². The van der Waals surface area contributed by atoms with Crippen molar-refractivity contribution in [1.82, 2.24) is 24.5 Å². The number of hydrogen-bond acceptors (Lipinski definition) is 5. The van der Waals surface area contributed by atoms with Crippen LogP contribution in [0.1, 0.15) is 28.5 Å². The van der Waals surface area contributed by atoms with E-state index in [2.05, 4.69) is 15.5 Å². The third-order valence-electron chi connectivity index (χ3n) is 5.28. The highest BCUT2D eigenvalue weighted by molar-refractivity contribution is 5.97. The van der Waals surface area contributed by atoms with Gasteiger partial charge in [0, 0.05) is 37.2 Å². The van der Waals surface area contributed by atoms with Crippen molar-refractivity contribution in [2.75, 3.05) is 25.0 Å². The van der Waals surface area contributed by atoms with Crippen molar-refractivity contribution < 1.29 is 14.3 Å². The van der Waals surface area contributed by atoms with Crippen molar-refractivity contribution in [2.45, 2.75) is 33.0 Å². The van der Waals surface area contributed by atoms with Gasteiger partial charge in [-0.25, -0.2) is 0 Å². The molecule has 1 N–H and O–H groups in total. The maximum absolute atomic E-state index is 13.0. The molecule has 2 aromatic heterocycles. The Labute approximate surface area is 180 Å². The average molecular weight is 422 g/mol. The number of nitrogens with zero attached hydrogens (tertiary/aromatic N) is 5. The fourth-order valence-electron chi connectivity index (χ4n) is 3.52. The highest BCUT2D eigenvalue weighted by Crippen LogP contribution is 2.16. The van der Waals surface area contributed by atoms with Gasteiger partial charge in [-0.15, -0.1) is 0 Å². The molecule has 0 saturated carbocycles. The molecule has 1 unspecified atom stereocenters. The number of hydrogen-bond donors (Lipinski definition) is 1. The second-order valence-corrected chi connectivity index (χ2v) is 7.48.